The van der Waals surface area contributed by atoms with Crippen molar-refractivity contribution in [1.82, 2.24) is 34.9 Å². The van der Waals surface area contributed by atoms with E-state index in [2.05, 4.69) is 30.2 Å². The van der Waals surface area contributed by atoms with Crippen LogP contribution in [0.15, 0.2) is 59.9 Å². The fourth-order valence-corrected chi connectivity index (χ4v) is 1.95. The standard InChI is InChI=1S/C14H9N7O/c1-3-18-21(7-1)10-2-4-16-11(8-10)14-19-13(20-22-14)12-9-15-5-6-17-12/h1-9H. The highest BCUT2D eigenvalue weighted by molar-refractivity contribution is 5.55. The van der Waals surface area contributed by atoms with Gasteiger partial charge in [-0.25, -0.2) is 9.67 Å². The molecule has 0 N–H and O–H groups in total. The van der Waals surface area contributed by atoms with E-state index in [9.17, 15) is 0 Å². The van der Waals surface area contributed by atoms with E-state index < -0.39 is 0 Å². The highest BCUT2D eigenvalue weighted by Gasteiger charge is 2.13. The molecule has 0 spiro atoms. The van der Waals surface area contributed by atoms with Crippen LogP contribution in [0.2, 0.25) is 0 Å². The molecule has 0 saturated carbocycles. The van der Waals surface area contributed by atoms with Gasteiger partial charge in [-0.05, 0) is 18.2 Å². The summed E-state index contributed by atoms with van der Waals surface area (Å²) in [5, 5.41) is 8.08. The fourth-order valence-electron chi connectivity index (χ4n) is 1.95. The molecule has 0 bridgehead atoms. The second kappa shape index (κ2) is 5.17. The average molecular weight is 291 g/mol. The van der Waals surface area contributed by atoms with Crippen LogP contribution in [0.3, 0.4) is 0 Å². The number of hydrogen-bond acceptors (Lipinski definition) is 7. The van der Waals surface area contributed by atoms with Gasteiger partial charge in [0.05, 0.1) is 11.9 Å². The summed E-state index contributed by atoms with van der Waals surface area (Å²) < 4.78 is 6.98. The van der Waals surface area contributed by atoms with Crippen molar-refractivity contribution in [3.63, 3.8) is 0 Å². The van der Waals surface area contributed by atoms with E-state index in [-0.39, 0.29) is 0 Å². The van der Waals surface area contributed by atoms with Crippen molar-refractivity contribution in [3.8, 4) is 28.8 Å². The lowest BCUT2D eigenvalue weighted by Gasteiger charge is -2.01. The molecule has 106 valence electrons. The summed E-state index contributed by atoms with van der Waals surface area (Å²) in [5.41, 5.74) is 1.96. The first-order valence-corrected chi connectivity index (χ1v) is 6.47. The second-order valence-electron chi connectivity index (χ2n) is 4.36. The van der Waals surface area contributed by atoms with E-state index in [1.807, 2.05) is 24.4 Å². The third-order valence-corrected chi connectivity index (χ3v) is 2.95. The van der Waals surface area contributed by atoms with Crippen molar-refractivity contribution >= 4 is 0 Å². The molecule has 4 rings (SSSR count). The predicted molar refractivity (Wildman–Crippen MR) is 75.7 cm³/mol. The van der Waals surface area contributed by atoms with E-state index in [1.54, 1.807) is 35.7 Å². The van der Waals surface area contributed by atoms with Crippen molar-refractivity contribution in [2.45, 2.75) is 0 Å². The highest BCUT2D eigenvalue weighted by atomic mass is 16.5. The van der Waals surface area contributed by atoms with E-state index in [0.717, 1.165) is 5.69 Å². The maximum atomic E-state index is 5.26. The van der Waals surface area contributed by atoms with Crippen LogP contribution in [-0.2, 0) is 0 Å². The number of pyridine rings is 1. The predicted octanol–water partition coefficient (Wildman–Crippen LogP) is 1.77. The fraction of sp³-hybridized carbons (Fsp3) is 0. The van der Waals surface area contributed by atoms with Crippen LogP contribution in [0.4, 0.5) is 0 Å². The Morgan fingerprint density at radius 1 is 1.00 bits per heavy atom. The van der Waals surface area contributed by atoms with Crippen molar-refractivity contribution in [1.29, 1.82) is 0 Å². The van der Waals surface area contributed by atoms with E-state index >= 15 is 0 Å². The van der Waals surface area contributed by atoms with Crippen molar-refractivity contribution in [2.75, 3.05) is 0 Å². The molecule has 0 fully saturated rings. The zero-order valence-corrected chi connectivity index (χ0v) is 11.2. The summed E-state index contributed by atoms with van der Waals surface area (Å²) in [6, 6.07) is 5.51. The first kappa shape index (κ1) is 12.3. The molecule has 0 aliphatic rings. The quantitative estimate of drug-likeness (QED) is 0.567. The van der Waals surface area contributed by atoms with Gasteiger partial charge in [-0.3, -0.25) is 9.97 Å². The Labute approximate surface area is 124 Å². The molecular weight excluding hydrogens is 282 g/mol. The Kier molecular flexibility index (Phi) is 2.90. The molecule has 0 aliphatic carbocycles. The maximum Gasteiger partial charge on any atom is 0.276 e. The largest absolute Gasteiger partial charge is 0.332 e. The Morgan fingerprint density at radius 3 is 2.77 bits per heavy atom. The van der Waals surface area contributed by atoms with Crippen LogP contribution in [-0.4, -0.2) is 34.9 Å². The van der Waals surface area contributed by atoms with Crippen LogP contribution in [0, 0.1) is 0 Å². The van der Waals surface area contributed by atoms with E-state index in [1.165, 1.54) is 0 Å². The molecule has 8 nitrogen and oxygen atoms in total. The molecule has 0 atom stereocenters. The number of hydrogen-bond donors (Lipinski definition) is 0. The van der Waals surface area contributed by atoms with E-state index in [4.69, 9.17) is 4.52 Å². The summed E-state index contributed by atoms with van der Waals surface area (Å²) in [7, 11) is 0. The molecule has 0 aromatic carbocycles. The number of nitrogens with zero attached hydrogens (tertiary/aromatic N) is 7. The topological polar surface area (TPSA) is 95.4 Å². The molecule has 4 aromatic rings. The van der Waals surface area contributed by atoms with Crippen LogP contribution in [0.5, 0.6) is 0 Å². The third kappa shape index (κ3) is 2.22. The lowest BCUT2D eigenvalue weighted by molar-refractivity contribution is 0.430. The van der Waals surface area contributed by atoms with Gasteiger partial charge in [-0.1, -0.05) is 5.16 Å². The summed E-state index contributed by atoms with van der Waals surface area (Å²) in [5.74, 6) is 0.684. The van der Waals surface area contributed by atoms with Gasteiger partial charge in [-0.15, -0.1) is 0 Å². The van der Waals surface area contributed by atoms with Gasteiger partial charge in [0.1, 0.15) is 11.4 Å². The first-order valence-electron chi connectivity index (χ1n) is 6.47. The lowest BCUT2D eigenvalue weighted by atomic mass is 10.3. The molecule has 4 aromatic heterocycles. The van der Waals surface area contributed by atoms with Gasteiger partial charge in [0.25, 0.3) is 5.89 Å². The van der Waals surface area contributed by atoms with Gasteiger partial charge in [0.15, 0.2) is 0 Å². The van der Waals surface area contributed by atoms with Gasteiger partial charge in [0.2, 0.25) is 5.82 Å². The van der Waals surface area contributed by atoms with Crippen LogP contribution in [0.25, 0.3) is 28.8 Å². The summed E-state index contributed by atoms with van der Waals surface area (Å²) in [4.78, 5) is 16.7. The van der Waals surface area contributed by atoms with E-state index in [0.29, 0.717) is 23.1 Å². The molecule has 0 aliphatic heterocycles. The van der Waals surface area contributed by atoms with Crippen LogP contribution >= 0.6 is 0 Å². The molecular formula is C14H9N7O. The molecule has 0 amide bonds. The molecule has 0 radical (unpaired) electrons. The normalized spacial score (nSPS) is 10.7. The van der Waals surface area contributed by atoms with Gasteiger partial charge < -0.3 is 4.52 Å². The van der Waals surface area contributed by atoms with Crippen molar-refractivity contribution in [2.24, 2.45) is 0 Å². The Morgan fingerprint density at radius 2 is 1.95 bits per heavy atom. The summed E-state index contributed by atoms with van der Waals surface area (Å²) in [6.45, 7) is 0. The molecule has 0 unspecified atom stereocenters. The Bertz CT molecular complexity index is 886. The lowest BCUT2D eigenvalue weighted by Crippen LogP contribution is -1.95. The minimum Gasteiger partial charge on any atom is -0.332 e. The Hall–Kier alpha value is -3.42. The highest BCUT2D eigenvalue weighted by Crippen LogP contribution is 2.20. The molecule has 4 heterocycles. The van der Waals surface area contributed by atoms with Gasteiger partial charge >= 0.3 is 0 Å². The zero-order valence-electron chi connectivity index (χ0n) is 11.2. The SMILES string of the molecule is c1cnn(-c2ccnc(-c3nc(-c4cnccn4)no3)c2)c1. The molecule has 0 saturated heterocycles. The summed E-state index contributed by atoms with van der Waals surface area (Å²) >= 11 is 0. The third-order valence-electron chi connectivity index (χ3n) is 2.95. The first-order chi connectivity index (χ1) is 10.9. The van der Waals surface area contributed by atoms with Crippen LogP contribution < -0.4 is 0 Å². The van der Waals surface area contributed by atoms with Crippen LogP contribution in [0.1, 0.15) is 0 Å². The smallest absolute Gasteiger partial charge is 0.276 e. The zero-order chi connectivity index (χ0) is 14.8. The van der Waals surface area contributed by atoms with Gasteiger partial charge in [-0.2, -0.15) is 10.1 Å². The minimum atomic E-state index is 0.314. The molecule has 22 heavy (non-hydrogen) atoms. The van der Waals surface area contributed by atoms with Gasteiger partial charge in [0, 0.05) is 31.0 Å². The Balaban J connectivity index is 1.71. The number of rotatable bonds is 3. The van der Waals surface area contributed by atoms with Crippen molar-refractivity contribution < 1.29 is 4.52 Å². The average Bonchev–Trinajstić information content (AvgIpc) is 3.28. The molecule has 8 heteroatoms. The monoisotopic (exact) mass is 291 g/mol. The number of aromatic nitrogens is 7. The summed E-state index contributed by atoms with van der Waals surface area (Å²) in [6.07, 6.45) is 9.94. The second-order valence-corrected chi connectivity index (χ2v) is 4.36. The minimum absolute atomic E-state index is 0.314. The maximum absolute atomic E-state index is 5.26. The van der Waals surface area contributed by atoms with Crippen molar-refractivity contribution in [3.05, 3.63) is 55.4 Å².